The first kappa shape index (κ1) is 9.45. The molecule has 0 radical (unpaired) electrons. The van der Waals surface area contributed by atoms with Gasteiger partial charge in [-0.15, -0.1) is 10.2 Å². The lowest BCUT2D eigenvalue weighted by atomic mass is 9.95. The summed E-state index contributed by atoms with van der Waals surface area (Å²) < 4.78 is 2.08. The number of aromatic nitrogens is 3. The molecule has 5 nitrogen and oxygen atoms in total. The molecule has 1 aliphatic heterocycles. The van der Waals surface area contributed by atoms with Crippen LogP contribution in [0.1, 0.15) is 26.6 Å². The van der Waals surface area contributed by atoms with Crippen LogP contribution in [-0.4, -0.2) is 27.4 Å². The molecule has 0 bridgehead atoms. The minimum Gasteiger partial charge on any atom is -0.353 e. The quantitative estimate of drug-likeness (QED) is 0.626. The van der Waals surface area contributed by atoms with Crippen LogP contribution in [0.3, 0.4) is 0 Å². The third-order valence-corrected chi connectivity index (χ3v) is 2.36. The average Bonchev–Trinajstić information content (AvgIpc) is 2.45. The maximum Gasteiger partial charge on any atom is 0.224 e. The Morgan fingerprint density at radius 1 is 1.43 bits per heavy atom. The summed E-state index contributed by atoms with van der Waals surface area (Å²) in [5, 5.41) is 11.5. The van der Waals surface area contributed by atoms with E-state index in [1.165, 1.54) is 0 Å². The highest BCUT2D eigenvalue weighted by Crippen LogP contribution is 2.24. The molecule has 5 heteroatoms. The van der Waals surface area contributed by atoms with Crippen LogP contribution < -0.4 is 11.1 Å². The van der Waals surface area contributed by atoms with Crippen LogP contribution in [0.4, 0.5) is 5.95 Å². The second-order valence-electron chi connectivity index (χ2n) is 4.85. The summed E-state index contributed by atoms with van der Waals surface area (Å²) in [6.07, 6.45) is 0. The topological polar surface area (TPSA) is 68.8 Å². The van der Waals surface area contributed by atoms with Crippen LogP contribution in [-0.2, 0) is 12.0 Å². The fourth-order valence-electron chi connectivity index (χ4n) is 1.68. The first-order chi connectivity index (χ1) is 6.48. The molecule has 1 unspecified atom stereocenters. The summed E-state index contributed by atoms with van der Waals surface area (Å²) in [6, 6.07) is 0.152. The fourth-order valence-corrected chi connectivity index (χ4v) is 1.68. The minimum absolute atomic E-state index is 0.0178. The number of nitrogens with zero attached hydrogens (tertiary/aromatic N) is 3. The van der Waals surface area contributed by atoms with Gasteiger partial charge in [-0.3, -0.25) is 4.57 Å². The van der Waals surface area contributed by atoms with Gasteiger partial charge in [-0.2, -0.15) is 0 Å². The molecule has 1 atom stereocenters. The van der Waals surface area contributed by atoms with Crippen molar-refractivity contribution >= 4 is 5.95 Å². The Hall–Kier alpha value is -1.10. The van der Waals surface area contributed by atoms with Crippen molar-refractivity contribution in [1.82, 2.24) is 14.8 Å². The van der Waals surface area contributed by atoms with Gasteiger partial charge in [0.15, 0.2) is 0 Å². The minimum atomic E-state index is 0.0178. The van der Waals surface area contributed by atoms with Crippen LogP contribution in [0.25, 0.3) is 0 Å². The third kappa shape index (κ3) is 1.48. The van der Waals surface area contributed by atoms with Crippen LogP contribution in [0, 0.1) is 0 Å². The molecule has 1 aliphatic rings. The number of fused-ring (bicyclic) bond motifs is 1. The lowest BCUT2D eigenvalue weighted by molar-refractivity contribution is 0.462. The van der Waals surface area contributed by atoms with E-state index < -0.39 is 0 Å². The Morgan fingerprint density at radius 3 is 2.79 bits per heavy atom. The van der Waals surface area contributed by atoms with Gasteiger partial charge in [0.05, 0.1) is 0 Å². The van der Waals surface area contributed by atoms with Crippen molar-refractivity contribution in [3.63, 3.8) is 0 Å². The highest BCUT2D eigenvalue weighted by molar-refractivity contribution is 5.30. The molecule has 0 saturated heterocycles. The smallest absolute Gasteiger partial charge is 0.224 e. The van der Waals surface area contributed by atoms with Crippen molar-refractivity contribution in [2.75, 3.05) is 11.9 Å². The molecule has 1 aromatic rings. The van der Waals surface area contributed by atoms with Gasteiger partial charge in [0.2, 0.25) is 5.95 Å². The van der Waals surface area contributed by atoms with E-state index in [9.17, 15) is 0 Å². The highest BCUT2D eigenvalue weighted by atomic mass is 15.4. The van der Waals surface area contributed by atoms with E-state index in [0.717, 1.165) is 24.9 Å². The maximum atomic E-state index is 5.88. The average molecular weight is 195 g/mol. The number of hydrogen-bond acceptors (Lipinski definition) is 4. The number of anilines is 1. The van der Waals surface area contributed by atoms with E-state index in [1.54, 1.807) is 0 Å². The predicted octanol–water partition coefficient (Wildman–Crippen LogP) is 0.328. The van der Waals surface area contributed by atoms with Crippen molar-refractivity contribution in [1.29, 1.82) is 0 Å². The van der Waals surface area contributed by atoms with Crippen molar-refractivity contribution in [2.24, 2.45) is 5.73 Å². The van der Waals surface area contributed by atoms with E-state index in [2.05, 4.69) is 40.9 Å². The molecule has 0 aromatic carbocycles. The molecule has 78 valence electrons. The monoisotopic (exact) mass is 195 g/mol. The zero-order valence-corrected chi connectivity index (χ0v) is 8.91. The van der Waals surface area contributed by atoms with Crippen LogP contribution in [0.2, 0.25) is 0 Å². The third-order valence-electron chi connectivity index (χ3n) is 2.36. The Morgan fingerprint density at radius 2 is 2.14 bits per heavy atom. The van der Waals surface area contributed by atoms with Gasteiger partial charge >= 0.3 is 0 Å². The summed E-state index contributed by atoms with van der Waals surface area (Å²) in [4.78, 5) is 0. The van der Waals surface area contributed by atoms with Gasteiger partial charge in [0, 0.05) is 24.5 Å². The van der Waals surface area contributed by atoms with Crippen molar-refractivity contribution in [2.45, 2.75) is 38.8 Å². The summed E-state index contributed by atoms with van der Waals surface area (Å²) in [5.41, 5.74) is 5.90. The predicted molar refractivity (Wildman–Crippen MR) is 55.2 cm³/mol. The summed E-state index contributed by atoms with van der Waals surface area (Å²) in [5.74, 6) is 1.84. The van der Waals surface area contributed by atoms with E-state index in [-0.39, 0.29) is 11.5 Å². The molecule has 1 aromatic heterocycles. The van der Waals surface area contributed by atoms with Gasteiger partial charge in [-0.25, -0.2) is 0 Å². The molecule has 0 amide bonds. The fraction of sp³-hybridized carbons (Fsp3) is 0.778. The zero-order chi connectivity index (χ0) is 10.3. The first-order valence-electron chi connectivity index (χ1n) is 4.91. The molecule has 0 fully saturated rings. The molecular formula is C9H17N5. The molecule has 3 N–H and O–H groups in total. The van der Waals surface area contributed by atoms with Crippen LogP contribution >= 0.6 is 0 Å². The van der Waals surface area contributed by atoms with Gasteiger partial charge in [0.1, 0.15) is 5.82 Å². The Bertz CT molecular complexity index is 335. The molecule has 2 heterocycles. The van der Waals surface area contributed by atoms with E-state index in [4.69, 9.17) is 5.73 Å². The van der Waals surface area contributed by atoms with Gasteiger partial charge in [-0.05, 0) is 0 Å². The molecule has 14 heavy (non-hydrogen) atoms. The highest BCUT2D eigenvalue weighted by Gasteiger charge is 2.26. The SMILES string of the molecule is CC(C)(C)c1nnc2n1CC(N)CN2. The second-order valence-corrected chi connectivity index (χ2v) is 4.85. The Balaban J connectivity index is 2.41. The lowest BCUT2D eigenvalue weighted by Gasteiger charge is -2.25. The zero-order valence-electron chi connectivity index (χ0n) is 8.91. The summed E-state index contributed by atoms with van der Waals surface area (Å²) >= 11 is 0. The lowest BCUT2D eigenvalue weighted by Crippen LogP contribution is -2.40. The van der Waals surface area contributed by atoms with Crippen molar-refractivity contribution in [3.8, 4) is 0 Å². The maximum absolute atomic E-state index is 5.88. The van der Waals surface area contributed by atoms with Crippen molar-refractivity contribution in [3.05, 3.63) is 5.82 Å². The van der Waals surface area contributed by atoms with Gasteiger partial charge in [0.25, 0.3) is 0 Å². The largest absolute Gasteiger partial charge is 0.353 e. The van der Waals surface area contributed by atoms with Crippen molar-refractivity contribution < 1.29 is 0 Å². The van der Waals surface area contributed by atoms with Gasteiger partial charge < -0.3 is 11.1 Å². The molecule has 0 aliphatic carbocycles. The normalized spacial score (nSPS) is 21.6. The number of nitrogens with two attached hydrogens (primary N) is 1. The first-order valence-corrected chi connectivity index (χ1v) is 4.91. The van der Waals surface area contributed by atoms with E-state index in [0.29, 0.717) is 0 Å². The van der Waals surface area contributed by atoms with Crippen LogP contribution in [0.15, 0.2) is 0 Å². The molecule has 2 rings (SSSR count). The molecular weight excluding hydrogens is 178 g/mol. The van der Waals surface area contributed by atoms with E-state index in [1.807, 2.05) is 0 Å². The van der Waals surface area contributed by atoms with E-state index >= 15 is 0 Å². The Labute approximate surface area is 83.7 Å². The number of rotatable bonds is 0. The molecule has 0 spiro atoms. The second kappa shape index (κ2) is 2.95. The number of nitrogens with one attached hydrogen (secondary N) is 1. The Kier molecular flexibility index (Phi) is 1.99. The summed E-state index contributed by atoms with van der Waals surface area (Å²) in [7, 11) is 0. The van der Waals surface area contributed by atoms with Gasteiger partial charge in [-0.1, -0.05) is 20.8 Å². The standard InChI is InChI=1S/C9H17N5/c1-9(2,3)7-12-13-8-11-4-6(10)5-14(7)8/h6H,4-5,10H2,1-3H3,(H,11,13). The summed E-state index contributed by atoms with van der Waals surface area (Å²) in [6.45, 7) is 7.98. The number of hydrogen-bond donors (Lipinski definition) is 2. The van der Waals surface area contributed by atoms with Crippen LogP contribution in [0.5, 0.6) is 0 Å². The molecule has 0 saturated carbocycles.